The quantitative estimate of drug-likeness (QED) is 0.724. The zero-order chi connectivity index (χ0) is 14.0. The van der Waals surface area contributed by atoms with Gasteiger partial charge in [-0.3, -0.25) is 4.90 Å². The molecule has 1 atom stereocenters. The fourth-order valence-corrected chi connectivity index (χ4v) is 2.57. The molecule has 1 N–H and O–H groups in total. The van der Waals surface area contributed by atoms with E-state index in [4.69, 9.17) is 9.47 Å². The average Bonchev–Trinajstić information content (AvgIpc) is 2.48. The molecule has 1 aliphatic heterocycles. The SMILES string of the molecule is COCCOCCN1CCNC(Cc2ccccc2)C1. The summed E-state index contributed by atoms with van der Waals surface area (Å²) in [5, 5.41) is 3.61. The highest BCUT2D eigenvalue weighted by Crippen LogP contribution is 2.07. The first kappa shape index (κ1) is 15.4. The van der Waals surface area contributed by atoms with Crippen LogP contribution in [0.1, 0.15) is 5.56 Å². The molecule has 0 aromatic heterocycles. The maximum Gasteiger partial charge on any atom is 0.0700 e. The van der Waals surface area contributed by atoms with Gasteiger partial charge < -0.3 is 14.8 Å². The predicted octanol–water partition coefficient (Wildman–Crippen LogP) is 1.17. The molecule has 1 aromatic rings. The molecule has 1 heterocycles. The number of rotatable bonds is 8. The monoisotopic (exact) mass is 278 g/mol. The van der Waals surface area contributed by atoms with Crippen LogP contribution in [0.4, 0.5) is 0 Å². The van der Waals surface area contributed by atoms with Crippen LogP contribution in [-0.2, 0) is 15.9 Å². The highest BCUT2D eigenvalue weighted by Gasteiger charge is 2.18. The van der Waals surface area contributed by atoms with Gasteiger partial charge in [-0.05, 0) is 12.0 Å². The second-order valence-electron chi connectivity index (χ2n) is 5.25. The Morgan fingerprint density at radius 2 is 2.05 bits per heavy atom. The Morgan fingerprint density at radius 3 is 2.85 bits per heavy atom. The largest absolute Gasteiger partial charge is 0.382 e. The Hall–Kier alpha value is -0.940. The minimum absolute atomic E-state index is 0.546. The fraction of sp³-hybridized carbons (Fsp3) is 0.625. The standard InChI is InChI=1S/C16H26N2O2/c1-19-11-12-20-10-9-18-8-7-17-16(14-18)13-15-5-3-2-4-6-15/h2-6,16-17H,7-14H2,1H3. The zero-order valence-electron chi connectivity index (χ0n) is 12.4. The molecular weight excluding hydrogens is 252 g/mol. The van der Waals surface area contributed by atoms with Crippen LogP contribution in [-0.4, -0.2) is 64.1 Å². The lowest BCUT2D eigenvalue weighted by molar-refractivity contribution is 0.0523. The third kappa shape index (κ3) is 5.59. The second kappa shape index (κ2) is 9.08. The number of ether oxygens (including phenoxy) is 2. The molecule has 1 aliphatic rings. The smallest absolute Gasteiger partial charge is 0.0700 e. The number of piperazine rings is 1. The molecule has 0 saturated carbocycles. The summed E-state index contributed by atoms with van der Waals surface area (Å²) in [6.45, 7) is 6.45. The van der Waals surface area contributed by atoms with Crippen molar-refractivity contribution < 1.29 is 9.47 Å². The van der Waals surface area contributed by atoms with E-state index in [2.05, 4.69) is 40.5 Å². The van der Waals surface area contributed by atoms with Crippen molar-refractivity contribution in [3.05, 3.63) is 35.9 Å². The summed E-state index contributed by atoms with van der Waals surface area (Å²) in [6.07, 6.45) is 1.10. The predicted molar refractivity (Wildman–Crippen MR) is 81.1 cm³/mol. The second-order valence-corrected chi connectivity index (χ2v) is 5.25. The van der Waals surface area contributed by atoms with Crippen LogP contribution in [0.15, 0.2) is 30.3 Å². The van der Waals surface area contributed by atoms with Gasteiger partial charge in [0.15, 0.2) is 0 Å². The summed E-state index contributed by atoms with van der Waals surface area (Å²) in [4.78, 5) is 2.48. The van der Waals surface area contributed by atoms with Crippen molar-refractivity contribution in [3.8, 4) is 0 Å². The zero-order valence-corrected chi connectivity index (χ0v) is 12.4. The van der Waals surface area contributed by atoms with Gasteiger partial charge in [-0.15, -0.1) is 0 Å². The van der Waals surface area contributed by atoms with Crippen LogP contribution < -0.4 is 5.32 Å². The maximum atomic E-state index is 5.54. The van der Waals surface area contributed by atoms with Gasteiger partial charge in [-0.25, -0.2) is 0 Å². The fourth-order valence-electron chi connectivity index (χ4n) is 2.57. The minimum Gasteiger partial charge on any atom is -0.382 e. The van der Waals surface area contributed by atoms with Gasteiger partial charge in [-0.2, -0.15) is 0 Å². The summed E-state index contributed by atoms with van der Waals surface area (Å²) >= 11 is 0. The van der Waals surface area contributed by atoms with Crippen molar-refractivity contribution in [2.24, 2.45) is 0 Å². The Balaban J connectivity index is 1.66. The number of hydrogen-bond donors (Lipinski definition) is 1. The number of methoxy groups -OCH3 is 1. The highest BCUT2D eigenvalue weighted by molar-refractivity contribution is 5.16. The average molecular weight is 278 g/mol. The molecule has 1 unspecified atom stereocenters. The van der Waals surface area contributed by atoms with E-state index in [9.17, 15) is 0 Å². The third-order valence-electron chi connectivity index (χ3n) is 3.65. The van der Waals surface area contributed by atoms with Crippen LogP contribution in [0.2, 0.25) is 0 Å². The first-order valence-electron chi connectivity index (χ1n) is 7.45. The molecule has 112 valence electrons. The molecule has 1 aromatic carbocycles. The summed E-state index contributed by atoms with van der Waals surface area (Å²) in [6, 6.07) is 11.2. The van der Waals surface area contributed by atoms with Crippen LogP contribution in [0.5, 0.6) is 0 Å². The molecule has 0 amide bonds. The van der Waals surface area contributed by atoms with Gasteiger partial charge in [0.2, 0.25) is 0 Å². The Labute approximate surface area is 122 Å². The summed E-state index contributed by atoms with van der Waals surface area (Å²) in [7, 11) is 1.70. The molecule has 1 saturated heterocycles. The van der Waals surface area contributed by atoms with Crippen LogP contribution in [0, 0.1) is 0 Å². The van der Waals surface area contributed by atoms with E-state index in [1.807, 2.05) is 0 Å². The molecular formula is C16H26N2O2. The molecule has 0 radical (unpaired) electrons. The number of nitrogens with zero attached hydrogens (tertiary/aromatic N) is 1. The first-order chi connectivity index (χ1) is 9.88. The van der Waals surface area contributed by atoms with Gasteiger partial charge in [0, 0.05) is 39.3 Å². The molecule has 0 aliphatic carbocycles. The van der Waals surface area contributed by atoms with Crippen LogP contribution in [0.25, 0.3) is 0 Å². The lowest BCUT2D eigenvalue weighted by atomic mass is 10.0. The lowest BCUT2D eigenvalue weighted by Crippen LogP contribution is -2.52. The van der Waals surface area contributed by atoms with Crippen molar-refractivity contribution in [1.29, 1.82) is 0 Å². The molecule has 1 fully saturated rings. The van der Waals surface area contributed by atoms with E-state index >= 15 is 0 Å². The topological polar surface area (TPSA) is 33.7 Å². The van der Waals surface area contributed by atoms with Crippen molar-refractivity contribution >= 4 is 0 Å². The van der Waals surface area contributed by atoms with Gasteiger partial charge >= 0.3 is 0 Å². The summed E-state index contributed by atoms with van der Waals surface area (Å²) < 4.78 is 10.5. The van der Waals surface area contributed by atoms with E-state index in [0.29, 0.717) is 19.3 Å². The van der Waals surface area contributed by atoms with E-state index in [-0.39, 0.29) is 0 Å². The van der Waals surface area contributed by atoms with Gasteiger partial charge in [-0.1, -0.05) is 30.3 Å². The summed E-state index contributed by atoms with van der Waals surface area (Å²) in [5.74, 6) is 0. The minimum atomic E-state index is 0.546. The van der Waals surface area contributed by atoms with Gasteiger partial charge in [0.1, 0.15) is 0 Å². The Bertz CT molecular complexity index is 359. The van der Waals surface area contributed by atoms with E-state index in [0.717, 1.165) is 39.2 Å². The number of nitrogens with one attached hydrogen (secondary N) is 1. The van der Waals surface area contributed by atoms with Crippen LogP contribution >= 0.6 is 0 Å². The van der Waals surface area contributed by atoms with Crippen molar-refractivity contribution in [3.63, 3.8) is 0 Å². The van der Waals surface area contributed by atoms with E-state index in [1.54, 1.807) is 7.11 Å². The third-order valence-corrected chi connectivity index (χ3v) is 3.65. The normalized spacial score (nSPS) is 20.1. The number of benzene rings is 1. The maximum absolute atomic E-state index is 5.54. The highest BCUT2D eigenvalue weighted by atomic mass is 16.5. The molecule has 0 spiro atoms. The Morgan fingerprint density at radius 1 is 1.20 bits per heavy atom. The molecule has 2 rings (SSSR count). The van der Waals surface area contributed by atoms with Crippen molar-refractivity contribution in [1.82, 2.24) is 10.2 Å². The lowest BCUT2D eigenvalue weighted by Gasteiger charge is -2.33. The molecule has 4 heteroatoms. The van der Waals surface area contributed by atoms with E-state index in [1.165, 1.54) is 5.56 Å². The number of hydrogen-bond acceptors (Lipinski definition) is 4. The van der Waals surface area contributed by atoms with Crippen LogP contribution in [0.3, 0.4) is 0 Å². The Kier molecular flexibility index (Phi) is 7.01. The van der Waals surface area contributed by atoms with Gasteiger partial charge in [0.25, 0.3) is 0 Å². The van der Waals surface area contributed by atoms with Crippen molar-refractivity contribution in [2.75, 3.05) is 53.1 Å². The summed E-state index contributed by atoms with van der Waals surface area (Å²) in [5.41, 5.74) is 1.41. The molecule has 4 nitrogen and oxygen atoms in total. The van der Waals surface area contributed by atoms with Crippen molar-refractivity contribution in [2.45, 2.75) is 12.5 Å². The molecule has 20 heavy (non-hydrogen) atoms. The van der Waals surface area contributed by atoms with Gasteiger partial charge in [0.05, 0.1) is 19.8 Å². The first-order valence-corrected chi connectivity index (χ1v) is 7.45. The molecule has 0 bridgehead atoms. The van der Waals surface area contributed by atoms with E-state index < -0.39 is 0 Å².